The molecule has 0 spiro atoms. The molecule has 0 bridgehead atoms. The molecular formula is C35H43N3O4. The Morgan fingerprint density at radius 2 is 1.45 bits per heavy atom. The number of carbonyl (C=O) groups excluding carboxylic acids is 1. The summed E-state index contributed by atoms with van der Waals surface area (Å²) in [7, 11) is 0. The minimum atomic E-state index is -0.814. The van der Waals surface area contributed by atoms with Crippen LogP contribution in [0.3, 0.4) is 0 Å². The van der Waals surface area contributed by atoms with E-state index < -0.39 is 18.2 Å². The van der Waals surface area contributed by atoms with Gasteiger partial charge in [-0.05, 0) is 41.5 Å². The molecule has 0 fully saturated rings. The van der Waals surface area contributed by atoms with Gasteiger partial charge in [0.1, 0.15) is 6.26 Å². The Morgan fingerprint density at radius 3 is 2.00 bits per heavy atom. The molecule has 1 heterocycles. The Morgan fingerprint density at radius 1 is 0.881 bits per heavy atom. The second-order valence-electron chi connectivity index (χ2n) is 11.6. The van der Waals surface area contributed by atoms with Crippen LogP contribution in [0.4, 0.5) is 4.79 Å². The predicted molar refractivity (Wildman–Crippen MR) is 166 cm³/mol. The molecule has 2 atom stereocenters. The monoisotopic (exact) mass is 569 g/mol. The molecule has 1 aromatic heterocycles. The van der Waals surface area contributed by atoms with Gasteiger partial charge in [0.25, 0.3) is 0 Å². The zero-order chi connectivity index (χ0) is 29.6. The first-order chi connectivity index (χ1) is 20.4. The Hall–Kier alpha value is -3.91. The average molecular weight is 570 g/mol. The number of rotatable bonds is 16. The Balaban J connectivity index is 1.30. The fraction of sp³-hybridized carbons (Fsp3) is 0.343. The topological polar surface area (TPSA) is 87.0 Å². The molecule has 7 nitrogen and oxygen atoms in total. The number of nitrogens with zero attached hydrogens (tertiary/aromatic N) is 1. The van der Waals surface area contributed by atoms with Crippen LogP contribution in [0.25, 0.3) is 0 Å². The van der Waals surface area contributed by atoms with Crippen molar-refractivity contribution in [2.45, 2.75) is 51.9 Å². The van der Waals surface area contributed by atoms with E-state index >= 15 is 0 Å². The number of amides is 1. The molecule has 0 aliphatic rings. The van der Waals surface area contributed by atoms with Crippen LogP contribution in [-0.4, -0.2) is 47.9 Å². The minimum Gasteiger partial charge on any atom is -0.469 e. The van der Waals surface area contributed by atoms with Crippen LogP contribution in [0.2, 0.25) is 0 Å². The van der Waals surface area contributed by atoms with Crippen LogP contribution >= 0.6 is 0 Å². The molecule has 0 aliphatic carbocycles. The SMILES string of the molecule is CC(C)(CCN(Cc1ccccc1)Cc1ccccc1)CNC[C@@H](O)[C@H](Cc1ccccc1)NC(=O)Oc1ccoc1. The lowest BCUT2D eigenvalue weighted by atomic mass is 9.88. The fourth-order valence-electron chi connectivity index (χ4n) is 4.90. The summed E-state index contributed by atoms with van der Waals surface area (Å²) in [6.07, 6.45) is 2.80. The van der Waals surface area contributed by atoms with Crippen LogP contribution < -0.4 is 15.4 Å². The number of nitrogens with one attached hydrogen (secondary N) is 2. The predicted octanol–water partition coefficient (Wildman–Crippen LogP) is 6.05. The molecule has 222 valence electrons. The van der Waals surface area contributed by atoms with Crippen LogP contribution in [-0.2, 0) is 19.5 Å². The van der Waals surface area contributed by atoms with E-state index in [4.69, 9.17) is 9.15 Å². The summed E-state index contributed by atoms with van der Waals surface area (Å²) in [5.41, 5.74) is 3.61. The van der Waals surface area contributed by atoms with Crippen molar-refractivity contribution in [3.05, 3.63) is 126 Å². The van der Waals surface area contributed by atoms with Crippen LogP contribution in [0.1, 0.15) is 37.0 Å². The van der Waals surface area contributed by atoms with E-state index in [9.17, 15) is 9.90 Å². The average Bonchev–Trinajstić information content (AvgIpc) is 3.50. The number of furan rings is 1. The van der Waals surface area contributed by atoms with Gasteiger partial charge in [-0.15, -0.1) is 0 Å². The van der Waals surface area contributed by atoms with Crippen LogP contribution in [0.15, 0.2) is 114 Å². The molecule has 0 radical (unpaired) electrons. The molecule has 3 aromatic carbocycles. The molecule has 42 heavy (non-hydrogen) atoms. The highest BCUT2D eigenvalue weighted by Crippen LogP contribution is 2.22. The van der Waals surface area contributed by atoms with Gasteiger partial charge in [0.2, 0.25) is 0 Å². The number of hydrogen-bond acceptors (Lipinski definition) is 6. The highest BCUT2D eigenvalue weighted by Gasteiger charge is 2.25. The maximum absolute atomic E-state index is 12.5. The van der Waals surface area contributed by atoms with E-state index in [2.05, 4.69) is 90.0 Å². The largest absolute Gasteiger partial charge is 0.469 e. The van der Waals surface area contributed by atoms with Gasteiger partial charge in [-0.25, -0.2) is 4.79 Å². The van der Waals surface area contributed by atoms with Crippen molar-refractivity contribution in [3.63, 3.8) is 0 Å². The van der Waals surface area contributed by atoms with Gasteiger partial charge in [0.05, 0.1) is 18.4 Å². The second kappa shape index (κ2) is 15.9. The van der Waals surface area contributed by atoms with Crippen molar-refractivity contribution in [1.82, 2.24) is 15.5 Å². The quantitative estimate of drug-likeness (QED) is 0.152. The van der Waals surface area contributed by atoms with E-state index in [1.54, 1.807) is 6.07 Å². The summed E-state index contributed by atoms with van der Waals surface area (Å²) in [6.45, 7) is 8.28. The maximum Gasteiger partial charge on any atom is 0.413 e. The molecule has 3 N–H and O–H groups in total. The molecule has 7 heteroatoms. The molecule has 0 aliphatic heterocycles. The standard InChI is InChI=1S/C35H43N3O4/c1-35(2,19-20-38(24-29-14-8-4-9-15-29)25-30-16-10-5-11-17-30)27-36-23-33(39)32(22-28-12-6-3-7-13-28)37-34(40)42-31-18-21-41-26-31/h3-18,21,26,32-33,36,39H,19-20,22-25,27H2,1-2H3,(H,37,40)/t32-,33+/m0/s1. The maximum atomic E-state index is 12.5. The molecular weight excluding hydrogens is 526 g/mol. The number of benzene rings is 3. The van der Waals surface area contributed by atoms with Crippen LogP contribution in [0, 0.1) is 5.41 Å². The van der Waals surface area contributed by atoms with Crippen molar-refractivity contribution in [3.8, 4) is 5.75 Å². The zero-order valence-corrected chi connectivity index (χ0v) is 24.6. The molecule has 1 amide bonds. The summed E-state index contributed by atoms with van der Waals surface area (Å²) < 4.78 is 10.3. The summed E-state index contributed by atoms with van der Waals surface area (Å²) in [5, 5.41) is 17.4. The number of hydrogen-bond donors (Lipinski definition) is 3. The minimum absolute atomic E-state index is 0.00604. The highest BCUT2D eigenvalue weighted by molar-refractivity contribution is 5.70. The van der Waals surface area contributed by atoms with Crippen LogP contribution in [0.5, 0.6) is 5.75 Å². The Kier molecular flexibility index (Phi) is 11.8. The third-order valence-corrected chi connectivity index (χ3v) is 7.33. The zero-order valence-electron chi connectivity index (χ0n) is 24.6. The number of carbonyl (C=O) groups is 1. The molecule has 4 aromatic rings. The lowest BCUT2D eigenvalue weighted by Gasteiger charge is -2.31. The summed E-state index contributed by atoms with van der Waals surface area (Å²) in [6, 6.07) is 32.0. The van der Waals surface area contributed by atoms with Gasteiger partial charge in [-0.3, -0.25) is 4.90 Å². The third kappa shape index (κ3) is 10.8. The van der Waals surface area contributed by atoms with Crippen molar-refractivity contribution < 1.29 is 19.1 Å². The first-order valence-corrected chi connectivity index (χ1v) is 14.6. The van der Waals surface area contributed by atoms with Crippen molar-refractivity contribution >= 4 is 6.09 Å². The highest BCUT2D eigenvalue weighted by atomic mass is 16.6. The normalized spacial score (nSPS) is 13.0. The number of ether oxygens (including phenoxy) is 1. The summed E-state index contributed by atoms with van der Waals surface area (Å²) in [4.78, 5) is 15.0. The van der Waals surface area contributed by atoms with Gasteiger partial charge in [0, 0.05) is 32.2 Å². The summed E-state index contributed by atoms with van der Waals surface area (Å²) >= 11 is 0. The first kappa shape index (κ1) is 31.0. The molecule has 0 unspecified atom stereocenters. The van der Waals surface area contributed by atoms with Crippen molar-refractivity contribution in [2.75, 3.05) is 19.6 Å². The Labute approximate surface area is 249 Å². The second-order valence-corrected chi connectivity index (χ2v) is 11.6. The van der Waals surface area contributed by atoms with Crippen molar-refractivity contribution in [2.24, 2.45) is 5.41 Å². The van der Waals surface area contributed by atoms with Crippen molar-refractivity contribution in [1.29, 1.82) is 0 Å². The van der Waals surface area contributed by atoms with E-state index in [0.29, 0.717) is 18.7 Å². The lowest BCUT2D eigenvalue weighted by molar-refractivity contribution is 0.114. The number of aliphatic hydroxyl groups excluding tert-OH is 1. The lowest BCUT2D eigenvalue weighted by Crippen LogP contribution is -2.50. The van der Waals surface area contributed by atoms with E-state index in [1.807, 2.05) is 30.3 Å². The van der Waals surface area contributed by atoms with Gasteiger partial charge in [-0.2, -0.15) is 0 Å². The third-order valence-electron chi connectivity index (χ3n) is 7.33. The summed E-state index contributed by atoms with van der Waals surface area (Å²) in [5.74, 6) is 0.314. The van der Waals surface area contributed by atoms with E-state index in [-0.39, 0.29) is 5.41 Å². The molecule has 0 saturated heterocycles. The van der Waals surface area contributed by atoms with Gasteiger partial charge >= 0.3 is 6.09 Å². The molecule has 4 rings (SSSR count). The van der Waals surface area contributed by atoms with Gasteiger partial charge < -0.3 is 24.9 Å². The van der Waals surface area contributed by atoms with E-state index in [1.165, 1.54) is 23.7 Å². The smallest absolute Gasteiger partial charge is 0.413 e. The molecule has 0 saturated carbocycles. The van der Waals surface area contributed by atoms with Gasteiger partial charge in [0.15, 0.2) is 5.75 Å². The first-order valence-electron chi connectivity index (χ1n) is 14.6. The fourth-order valence-corrected chi connectivity index (χ4v) is 4.90. The number of aliphatic hydroxyl groups is 1. The Bertz CT molecular complexity index is 1260. The van der Waals surface area contributed by atoms with E-state index in [0.717, 1.165) is 38.2 Å². The van der Waals surface area contributed by atoms with Gasteiger partial charge in [-0.1, -0.05) is 105 Å².